The number of carbonyl (C=O) groups excluding carboxylic acids is 3. The summed E-state index contributed by atoms with van der Waals surface area (Å²) in [5, 5.41) is 0. The summed E-state index contributed by atoms with van der Waals surface area (Å²) >= 11 is 0. The predicted molar refractivity (Wildman–Crippen MR) is 106 cm³/mol. The summed E-state index contributed by atoms with van der Waals surface area (Å²) in [6.07, 6.45) is 15.1. The van der Waals surface area contributed by atoms with E-state index < -0.39 is 0 Å². The van der Waals surface area contributed by atoms with Gasteiger partial charge >= 0.3 is 17.9 Å². The molecule has 0 aliphatic carbocycles. The highest BCUT2D eigenvalue weighted by atomic mass is 16.6. The summed E-state index contributed by atoms with van der Waals surface area (Å²) in [5.41, 5.74) is 0. The highest BCUT2D eigenvalue weighted by Crippen LogP contribution is 2.32. The van der Waals surface area contributed by atoms with Gasteiger partial charge in [-0.05, 0) is 38.2 Å². The molecule has 1 atom stereocenters. The number of allylic oxidation sites excluding steroid dienone is 1. The Labute approximate surface area is 169 Å². The Morgan fingerprint density at radius 1 is 0.821 bits per heavy atom. The van der Waals surface area contributed by atoms with E-state index >= 15 is 0 Å². The molecule has 1 aliphatic rings. The number of cyclic esters (lactones) is 1. The largest absolute Gasteiger partial charge is 0.469 e. The highest BCUT2D eigenvalue weighted by Gasteiger charge is 2.36. The summed E-state index contributed by atoms with van der Waals surface area (Å²) in [6.45, 7) is 0. The molecule has 0 saturated carbocycles. The van der Waals surface area contributed by atoms with Crippen molar-refractivity contribution in [2.24, 2.45) is 5.92 Å². The third kappa shape index (κ3) is 10.5. The third-order valence-electron chi connectivity index (χ3n) is 5.11. The minimum atomic E-state index is -0.145. The lowest BCUT2D eigenvalue weighted by molar-refractivity contribution is -0.157. The molecule has 28 heavy (non-hydrogen) atoms. The van der Waals surface area contributed by atoms with Gasteiger partial charge in [-0.25, -0.2) is 0 Å². The van der Waals surface area contributed by atoms with E-state index in [1.54, 1.807) is 0 Å². The van der Waals surface area contributed by atoms with Crippen LogP contribution >= 0.6 is 0 Å². The maximum absolute atomic E-state index is 11.6. The van der Waals surface area contributed by atoms with E-state index in [0.29, 0.717) is 12.8 Å². The molecule has 1 aliphatic heterocycles. The van der Waals surface area contributed by atoms with Crippen LogP contribution in [0.4, 0.5) is 0 Å². The Hall–Kier alpha value is -1.85. The second kappa shape index (κ2) is 15.1. The van der Waals surface area contributed by atoms with Gasteiger partial charge in [-0.15, -0.1) is 0 Å². The molecule has 1 heterocycles. The molecule has 0 spiro atoms. The molecule has 1 fully saturated rings. The normalized spacial score (nSPS) is 17.1. The summed E-state index contributed by atoms with van der Waals surface area (Å²) in [7, 11) is 2.84. The minimum absolute atomic E-state index is 0.0462. The summed E-state index contributed by atoms with van der Waals surface area (Å²) < 4.78 is 14.4. The minimum Gasteiger partial charge on any atom is -0.469 e. The highest BCUT2D eigenvalue weighted by molar-refractivity contribution is 5.82. The topological polar surface area (TPSA) is 78.9 Å². The van der Waals surface area contributed by atoms with E-state index in [4.69, 9.17) is 4.74 Å². The van der Waals surface area contributed by atoms with Gasteiger partial charge < -0.3 is 14.2 Å². The SMILES string of the molecule is COC(=O)CCCCCCCC=C1OC(=O)C1CCCCCCCC(=O)OC. The average molecular weight is 397 g/mol. The number of esters is 3. The van der Waals surface area contributed by atoms with Crippen LogP contribution in [0.5, 0.6) is 0 Å². The van der Waals surface area contributed by atoms with Crippen LogP contribution in [-0.2, 0) is 28.6 Å². The zero-order chi connectivity index (χ0) is 20.6. The standard InChI is InChI=1S/C22H36O6/c1-26-20(23)16-12-8-4-3-7-11-15-19-18(22(25)28-19)14-10-6-5-9-13-17-21(24)27-2/h15,18H,3-14,16-17H2,1-2H3. The molecular formula is C22H36O6. The lowest BCUT2D eigenvalue weighted by atomic mass is 9.93. The first kappa shape index (κ1) is 24.2. The fourth-order valence-corrected chi connectivity index (χ4v) is 3.30. The second-order valence-electron chi connectivity index (χ2n) is 7.35. The molecule has 6 heteroatoms. The predicted octanol–water partition coefficient (Wildman–Crippen LogP) is 4.85. The van der Waals surface area contributed by atoms with Gasteiger partial charge in [0.2, 0.25) is 0 Å². The van der Waals surface area contributed by atoms with Crippen molar-refractivity contribution in [3.63, 3.8) is 0 Å². The van der Waals surface area contributed by atoms with E-state index in [-0.39, 0.29) is 23.8 Å². The monoisotopic (exact) mass is 396 g/mol. The van der Waals surface area contributed by atoms with Crippen LogP contribution in [0.3, 0.4) is 0 Å². The molecule has 1 saturated heterocycles. The number of hydrogen-bond donors (Lipinski definition) is 0. The van der Waals surface area contributed by atoms with Gasteiger partial charge in [-0.3, -0.25) is 14.4 Å². The lowest BCUT2D eigenvalue weighted by Gasteiger charge is -2.28. The van der Waals surface area contributed by atoms with Gasteiger partial charge in [0.1, 0.15) is 11.7 Å². The van der Waals surface area contributed by atoms with Crippen LogP contribution < -0.4 is 0 Å². The number of ether oxygens (including phenoxy) is 3. The van der Waals surface area contributed by atoms with Gasteiger partial charge in [0.25, 0.3) is 0 Å². The van der Waals surface area contributed by atoms with E-state index in [2.05, 4.69) is 15.5 Å². The molecule has 0 aromatic rings. The molecule has 1 rings (SSSR count). The smallest absolute Gasteiger partial charge is 0.321 e. The second-order valence-corrected chi connectivity index (χ2v) is 7.35. The summed E-state index contributed by atoms with van der Waals surface area (Å²) in [6, 6.07) is 0. The van der Waals surface area contributed by atoms with E-state index in [1.807, 2.05) is 0 Å². The first-order valence-electron chi connectivity index (χ1n) is 10.6. The molecule has 0 amide bonds. The van der Waals surface area contributed by atoms with Crippen LogP contribution in [0.25, 0.3) is 0 Å². The molecule has 0 N–H and O–H groups in total. The van der Waals surface area contributed by atoms with Crippen molar-refractivity contribution < 1.29 is 28.6 Å². The first-order valence-corrected chi connectivity index (χ1v) is 10.6. The van der Waals surface area contributed by atoms with Crippen molar-refractivity contribution in [1.82, 2.24) is 0 Å². The van der Waals surface area contributed by atoms with E-state index in [0.717, 1.165) is 82.8 Å². The van der Waals surface area contributed by atoms with Gasteiger partial charge in [-0.1, -0.05) is 44.9 Å². The Morgan fingerprint density at radius 3 is 1.86 bits per heavy atom. The van der Waals surface area contributed by atoms with Crippen LogP contribution in [0.1, 0.15) is 89.9 Å². The number of methoxy groups -OCH3 is 2. The molecule has 0 aromatic carbocycles. The van der Waals surface area contributed by atoms with Crippen LogP contribution in [-0.4, -0.2) is 32.1 Å². The van der Waals surface area contributed by atoms with Gasteiger partial charge in [0.15, 0.2) is 0 Å². The third-order valence-corrected chi connectivity index (χ3v) is 5.11. The summed E-state index contributed by atoms with van der Waals surface area (Å²) in [5.74, 6) is 0.424. The quantitative estimate of drug-likeness (QED) is 0.211. The number of rotatable bonds is 16. The Morgan fingerprint density at radius 2 is 1.32 bits per heavy atom. The fraction of sp³-hybridized carbons (Fsp3) is 0.773. The van der Waals surface area contributed by atoms with Crippen molar-refractivity contribution >= 4 is 17.9 Å². The van der Waals surface area contributed by atoms with Crippen LogP contribution in [0.2, 0.25) is 0 Å². The molecular weight excluding hydrogens is 360 g/mol. The molecule has 160 valence electrons. The van der Waals surface area contributed by atoms with Crippen molar-refractivity contribution in [3.8, 4) is 0 Å². The molecule has 1 unspecified atom stereocenters. The Balaban J connectivity index is 2.02. The number of carbonyl (C=O) groups is 3. The fourth-order valence-electron chi connectivity index (χ4n) is 3.30. The van der Waals surface area contributed by atoms with Crippen LogP contribution in [0, 0.1) is 5.92 Å². The average Bonchev–Trinajstić information content (AvgIpc) is 2.70. The zero-order valence-corrected chi connectivity index (χ0v) is 17.5. The van der Waals surface area contributed by atoms with Crippen molar-refractivity contribution in [2.45, 2.75) is 89.9 Å². The van der Waals surface area contributed by atoms with Crippen molar-refractivity contribution in [3.05, 3.63) is 11.8 Å². The first-order chi connectivity index (χ1) is 13.6. The Kier molecular flexibility index (Phi) is 13.1. The van der Waals surface area contributed by atoms with Gasteiger partial charge in [0, 0.05) is 12.8 Å². The van der Waals surface area contributed by atoms with Crippen molar-refractivity contribution in [1.29, 1.82) is 0 Å². The maximum Gasteiger partial charge on any atom is 0.321 e. The molecule has 6 nitrogen and oxygen atoms in total. The lowest BCUT2D eigenvalue weighted by Crippen LogP contribution is -2.32. The van der Waals surface area contributed by atoms with Crippen molar-refractivity contribution in [2.75, 3.05) is 14.2 Å². The molecule has 0 bridgehead atoms. The van der Waals surface area contributed by atoms with E-state index in [9.17, 15) is 14.4 Å². The summed E-state index contributed by atoms with van der Waals surface area (Å²) in [4.78, 5) is 33.7. The Bertz CT molecular complexity index is 511. The van der Waals surface area contributed by atoms with Gasteiger partial charge in [0.05, 0.1) is 14.2 Å². The number of unbranched alkanes of at least 4 members (excludes halogenated alkanes) is 9. The van der Waals surface area contributed by atoms with Gasteiger partial charge in [-0.2, -0.15) is 0 Å². The number of hydrogen-bond acceptors (Lipinski definition) is 6. The molecule has 0 radical (unpaired) electrons. The van der Waals surface area contributed by atoms with Crippen LogP contribution in [0.15, 0.2) is 11.8 Å². The molecule has 0 aromatic heterocycles. The zero-order valence-electron chi connectivity index (χ0n) is 17.5. The maximum atomic E-state index is 11.6. The van der Waals surface area contributed by atoms with E-state index in [1.165, 1.54) is 14.2 Å².